The number of halogens is 1. The van der Waals surface area contributed by atoms with Crippen molar-refractivity contribution in [1.82, 2.24) is 0 Å². The highest BCUT2D eigenvalue weighted by Gasteiger charge is 2.15. The molecule has 0 aliphatic rings. The average Bonchev–Trinajstić information content (AvgIpc) is 2.82. The summed E-state index contributed by atoms with van der Waals surface area (Å²) in [5.74, 6) is 0.477. The lowest BCUT2D eigenvalue weighted by Crippen LogP contribution is -2.13. The maximum absolute atomic E-state index is 12.5. The third kappa shape index (κ3) is 5.65. The SMILES string of the molecule is COc1cc(/C=C(\C#N)C(=O)Nc2ccccc2)cc(I)c1OCc1ccccc1C#N. The van der Waals surface area contributed by atoms with Gasteiger partial charge in [0.15, 0.2) is 11.5 Å². The van der Waals surface area contributed by atoms with Crippen LogP contribution in [-0.4, -0.2) is 13.0 Å². The molecule has 0 spiro atoms. The smallest absolute Gasteiger partial charge is 0.266 e. The highest BCUT2D eigenvalue weighted by atomic mass is 127. The Morgan fingerprint density at radius 2 is 1.81 bits per heavy atom. The molecule has 0 saturated heterocycles. The van der Waals surface area contributed by atoms with Crippen molar-refractivity contribution in [2.24, 2.45) is 0 Å². The van der Waals surface area contributed by atoms with Crippen LogP contribution in [0.3, 0.4) is 0 Å². The van der Waals surface area contributed by atoms with Gasteiger partial charge in [0.2, 0.25) is 0 Å². The summed E-state index contributed by atoms with van der Waals surface area (Å²) in [7, 11) is 1.52. The first kappa shape index (κ1) is 22.9. The quantitative estimate of drug-likeness (QED) is 0.252. The molecule has 0 bridgehead atoms. The zero-order valence-corrected chi connectivity index (χ0v) is 19.3. The van der Waals surface area contributed by atoms with Crippen LogP contribution in [0, 0.1) is 26.2 Å². The second-order valence-corrected chi connectivity index (χ2v) is 7.74. The molecule has 158 valence electrons. The van der Waals surface area contributed by atoms with Gasteiger partial charge in [-0.3, -0.25) is 4.79 Å². The fourth-order valence-corrected chi connectivity index (χ4v) is 3.68. The Hall–Kier alpha value is -3.82. The maximum Gasteiger partial charge on any atom is 0.266 e. The van der Waals surface area contributed by atoms with Crippen LogP contribution < -0.4 is 14.8 Å². The van der Waals surface area contributed by atoms with Crippen LogP contribution in [0.2, 0.25) is 0 Å². The number of hydrogen-bond acceptors (Lipinski definition) is 5. The number of nitriles is 2. The lowest BCUT2D eigenvalue weighted by molar-refractivity contribution is -0.112. The van der Waals surface area contributed by atoms with Crippen molar-refractivity contribution in [3.8, 4) is 23.6 Å². The zero-order chi connectivity index (χ0) is 22.9. The highest BCUT2D eigenvalue weighted by molar-refractivity contribution is 14.1. The molecule has 0 radical (unpaired) electrons. The number of anilines is 1. The van der Waals surface area contributed by atoms with Gasteiger partial charge >= 0.3 is 0 Å². The Balaban J connectivity index is 1.84. The Morgan fingerprint density at radius 1 is 1.09 bits per heavy atom. The fraction of sp³-hybridized carbons (Fsp3) is 0.0800. The minimum atomic E-state index is -0.499. The summed E-state index contributed by atoms with van der Waals surface area (Å²) in [6, 6.07) is 23.7. The van der Waals surface area contributed by atoms with Gasteiger partial charge in [-0.1, -0.05) is 36.4 Å². The number of methoxy groups -OCH3 is 1. The predicted molar refractivity (Wildman–Crippen MR) is 130 cm³/mol. The minimum absolute atomic E-state index is 0.0386. The average molecular weight is 535 g/mol. The third-order valence-corrected chi connectivity index (χ3v) is 5.27. The summed E-state index contributed by atoms with van der Waals surface area (Å²) in [5, 5.41) is 21.4. The van der Waals surface area contributed by atoms with E-state index in [1.54, 1.807) is 48.5 Å². The monoisotopic (exact) mass is 535 g/mol. The lowest BCUT2D eigenvalue weighted by Gasteiger charge is -2.14. The van der Waals surface area contributed by atoms with Gasteiger partial charge in [-0.2, -0.15) is 10.5 Å². The molecular weight excluding hydrogens is 517 g/mol. The normalized spacial score (nSPS) is 10.6. The Morgan fingerprint density at radius 3 is 2.50 bits per heavy atom. The van der Waals surface area contributed by atoms with Gasteiger partial charge in [-0.05, 0) is 64.6 Å². The molecule has 0 fully saturated rings. The summed E-state index contributed by atoms with van der Waals surface area (Å²) in [5.41, 5.74) is 2.50. The van der Waals surface area contributed by atoms with Crippen molar-refractivity contribution in [1.29, 1.82) is 10.5 Å². The van der Waals surface area contributed by atoms with E-state index in [0.717, 1.165) is 9.13 Å². The van der Waals surface area contributed by atoms with Crippen LogP contribution in [0.15, 0.2) is 72.3 Å². The highest BCUT2D eigenvalue weighted by Crippen LogP contribution is 2.35. The number of rotatable bonds is 7. The molecule has 0 aromatic heterocycles. The van der Waals surface area contributed by atoms with E-state index in [1.807, 2.05) is 24.3 Å². The van der Waals surface area contributed by atoms with Gasteiger partial charge in [-0.15, -0.1) is 0 Å². The number of ether oxygens (including phenoxy) is 2. The van der Waals surface area contributed by atoms with Crippen molar-refractivity contribution in [2.45, 2.75) is 6.61 Å². The number of amides is 1. The molecule has 3 aromatic rings. The largest absolute Gasteiger partial charge is 0.493 e. The number of nitrogens with one attached hydrogen (secondary N) is 1. The van der Waals surface area contributed by atoms with Crippen LogP contribution >= 0.6 is 22.6 Å². The van der Waals surface area contributed by atoms with Gasteiger partial charge in [0.25, 0.3) is 5.91 Å². The molecule has 0 aliphatic heterocycles. The minimum Gasteiger partial charge on any atom is -0.493 e. The first-order valence-electron chi connectivity index (χ1n) is 9.52. The number of benzene rings is 3. The Kier molecular flexibility index (Phi) is 7.85. The first-order chi connectivity index (χ1) is 15.5. The van der Waals surface area contributed by atoms with E-state index in [4.69, 9.17) is 9.47 Å². The van der Waals surface area contributed by atoms with E-state index in [9.17, 15) is 15.3 Å². The van der Waals surface area contributed by atoms with Gasteiger partial charge < -0.3 is 14.8 Å². The van der Waals surface area contributed by atoms with Crippen molar-refractivity contribution >= 4 is 40.3 Å². The third-order valence-electron chi connectivity index (χ3n) is 4.47. The number of carbonyl (C=O) groups is 1. The molecule has 0 unspecified atom stereocenters. The molecule has 1 N–H and O–H groups in total. The molecule has 0 saturated carbocycles. The molecule has 3 aromatic carbocycles. The van der Waals surface area contributed by atoms with Crippen LogP contribution in [0.5, 0.6) is 11.5 Å². The topological polar surface area (TPSA) is 95.1 Å². The number of nitrogens with zero attached hydrogens (tertiary/aromatic N) is 2. The van der Waals surface area contributed by atoms with Crippen molar-refractivity contribution in [3.05, 3.63) is 92.6 Å². The van der Waals surface area contributed by atoms with E-state index in [-0.39, 0.29) is 12.2 Å². The van der Waals surface area contributed by atoms with E-state index in [2.05, 4.69) is 34.0 Å². The second-order valence-electron chi connectivity index (χ2n) is 6.58. The summed E-state index contributed by atoms with van der Waals surface area (Å²) in [6.45, 7) is 0.203. The van der Waals surface area contributed by atoms with Crippen LogP contribution in [0.1, 0.15) is 16.7 Å². The summed E-state index contributed by atoms with van der Waals surface area (Å²) in [6.07, 6.45) is 1.50. The van der Waals surface area contributed by atoms with Gasteiger partial charge in [0.1, 0.15) is 18.2 Å². The van der Waals surface area contributed by atoms with Gasteiger partial charge in [0.05, 0.1) is 22.3 Å². The van der Waals surface area contributed by atoms with Crippen molar-refractivity contribution < 1.29 is 14.3 Å². The Bertz CT molecular complexity index is 1240. The summed E-state index contributed by atoms with van der Waals surface area (Å²) in [4.78, 5) is 12.5. The molecule has 32 heavy (non-hydrogen) atoms. The second kappa shape index (κ2) is 11.0. The van der Waals surface area contributed by atoms with Gasteiger partial charge in [-0.25, -0.2) is 0 Å². The Labute approximate surface area is 199 Å². The lowest BCUT2D eigenvalue weighted by atomic mass is 10.1. The molecule has 0 aliphatic carbocycles. The fourth-order valence-electron chi connectivity index (χ4n) is 2.90. The van der Waals surface area contributed by atoms with Crippen molar-refractivity contribution in [2.75, 3.05) is 12.4 Å². The van der Waals surface area contributed by atoms with Gasteiger partial charge in [0, 0.05) is 11.3 Å². The van der Waals surface area contributed by atoms with E-state index < -0.39 is 5.91 Å². The van der Waals surface area contributed by atoms with E-state index >= 15 is 0 Å². The molecule has 0 atom stereocenters. The molecule has 6 nitrogen and oxygen atoms in total. The summed E-state index contributed by atoms with van der Waals surface area (Å²) >= 11 is 2.11. The molecular formula is C25H18IN3O3. The van der Waals surface area contributed by atoms with Crippen molar-refractivity contribution in [3.63, 3.8) is 0 Å². The predicted octanol–water partition coefficient (Wildman–Crippen LogP) is 5.30. The van der Waals surface area contributed by atoms with Crippen LogP contribution in [0.25, 0.3) is 6.08 Å². The maximum atomic E-state index is 12.5. The van der Waals surface area contributed by atoms with E-state index in [1.165, 1.54) is 13.2 Å². The number of carbonyl (C=O) groups excluding carboxylic acids is 1. The van der Waals surface area contributed by atoms with E-state index in [0.29, 0.717) is 28.3 Å². The first-order valence-corrected chi connectivity index (χ1v) is 10.6. The molecule has 0 heterocycles. The molecule has 1 amide bonds. The summed E-state index contributed by atoms with van der Waals surface area (Å²) < 4.78 is 12.2. The molecule has 3 rings (SSSR count). The zero-order valence-electron chi connectivity index (χ0n) is 17.1. The number of para-hydroxylation sites is 1. The van der Waals surface area contributed by atoms with Crippen LogP contribution in [-0.2, 0) is 11.4 Å². The number of hydrogen-bond donors (Lipinski definition) is 1. The van der Waals surface area contributed by atoms with Crippen LogP contribution in [0.4, 0.5) is 5.69 Å². The molecule has 7 heteroatoms. The standard InChI is InChI=1S/C25H18IN3O3/c1-31-23-13-17(11-20(15-28)25(30)29-21-9-3-2-4-10-21)12-22(26)24(23)32-16-19-8-6-5-7-18(19)14-27/h2-13H,16H2,1H3,(H,29,30)/b20-11+.